The first-order valence-electron chi connectivity index (χ1n) is 9.01. The molecule has 1 N–H and O–H groups in total. The van der Waals surface area contributed by atoms with Crippen molar-refractivity contribution in [3.8, 4) is 0 Å². The molecule has 132 valence electrons. The third-order valence-corrected chi connectivity index (χ3v) is 5.82. The molecule has 1 amide bonds. The first-order chi connectivity index (χ1) is 11.3. The number of carbonyl (C=O) groups is 1. The van der Waals surface area contributed by atoms with Crippen molar-refractivity contribution in [2.24, 2.45) is 5.41 Å². The van der Waals surface area contributed by atoms with Crippen LogP contribution >= 0.6 is 0 Å². The van der Waals surface area contributed by atoms with Crippen LogP contribution in [-0.4, -0.2) is 33.8 Å². The summed E-state index contributed by atoms with van der Waals surface area (Å²) in [6.45, 7) is 6.57. The lowest BCUT2D eigenvalue weighted by Gasteiger charge is -2.55. The number of piperidine rings is 2. The van der Waals surface area contributed by atoms with Gasteiger partial charge in [0, 0.05) is 12.1 Å². The Morgan fingerprint density at radius 2 is 1.79 bits per heavy atom. The predicted octanol–water partition coefficient (Wildman–Crippen LogP) is 4.12. The van der Waals surface area contributed by atoms with Gasteiger partial charge >= 0.3 is 6.09 Å². The van der Waals surface area contributed by atoms with E-state index < -0.39 is 5.60 Å². The van der Waals surface area contributed by atoms with Crippen molar-refractivity contribution in [3.63, 3.8) is 0 Å². The van der Waals surface area contributed by atoms with Crippen LogP contribution in [-0.2, 0) is 11.3 Å². The summed E-state index contributed by atoms with van der Waals surface area (Å²) in [6.07, 6.45) is 4.09. The van der Waals surface area contributed by atoms with Crippen LogP contribution in [0.5, 0.6) is 0 Å². The van der Waals surface area contributed by atoms with E-state index in [-0.39, 0.29) is 23.6 Å². The standard InChI is InChI=1S/C20H29NO3/c1-19(2,3)20(23)12-16-10-7-11-17(13-20)21(16)18(22)24-14-15-8-5-4-6-9-15/h4-6,8-9,16-17,23H,7,10-14H2,1-3H3. The molecule has 2 aliphatic rings. The van der Waals surface area contributed by atoms with E-state index in [2.05, 4.69) is 20.8 Å². The quantitative estimate of drug-likeness (QED) is 0.887. The van der Waals surface area contributed by atoms with Gasteiger partial charge in [0.15, 0.2) is 0 Å². The smallest absolute Gasteiger partial charge is 0.410 e. The number of ether oxygens (including phenoxy) is 1. The summed E-state index contributed by atoms with van der Waals surface area (Å²) >= 11 is 0. The molecule has 2 aliphatic heterocycles. The van der Waals surface area contributed by atoms with Gasteiger partial charge in [0.2, 0.25) is 0 Å². The monoisotopic (exact) mass is 331 g/mol. The van der Waals surface area contributed by atoms with E-state index in [4.69, 9.17) is 4.74 Å². The van der Waals surface area contributed by atoms with Gasteiger partial charge in [-0.3, -0.25) is 0 Å². The second-order valence-electron chi connectivity index (χ2n) is 8.38. The molecule has 1 aromatic carbocycles. The maximum atomic E-state index is 12.7. The first kappa shape index (κ1) is 17.3. The Hall–Kier alpha value is -1.55. The Labute approximate surface area is 144 Å². The lowest BCUT2D eigenvalue weighted by Crippen LogP contribution is -2.63. The van der Waals surface area contributed by atoms with Crippen molar-refractivity contribution < 1.29 is 14.6 Å². The first-order valence-corrected chi connectivity index (χ1v) is 9.01. The highest BCUT2D eigenvalue weighted by atomic mass is 16.6. The molecule has 2 fully saturated rings. The number of benzene rings is 1. The van der Waals surface area contributed by atoms with Gasteiger partial charge in [-0.2, -0.15) is 0 Å². The summed E-state index contributed by atoms with van der Waals surface area (Å²) < 4.78 is 5.56. The zero-order valence-corrected chi connectivity index (χ0v) is 15.0. The topological polar surface area (TPSA) is 49.8 Å². The highest BCUT2D eigenvalue weighted by Gasteiger charge is 2.52. The molecule has 0 aromatic heterocycles. The number of amides is 1. The number of rotatable bonds is 2. The van der Waals surface area contributed by atoms with Crippen LogP contribution in [0.2, 0.25) is 0 Å². The lowest BCUT2D eigenvalue weighted by molar-refractivity contribution is -0.139. The van der Waals surface area contributed by atoms with Crippen molar-refractivity contribution in [2.75, 3.05) is 0 Å². The van der Waals surface area contributed by atoms with Gasteiger partial charge in [-0.1, -0.05) is 51.1 Å². The summed E-state index contributed by atoms with van der Waals surface area (Å²) in [5.74, 6) is 0. The van der Waals surface area contributed by atoms with Crippen LogP contribution in [0.3, 0.4) is 0 Å². The fourth-order valence-corrected chi connectivity index (χ4v) is 4.13. The van der Waals surface area contributed by atoms with Crippen LogP contribution < -0.4 is 0 Å². The van der Waals surface area contributed by atoms with Gasteiger partial charge in [-0.25, -0.2) is 4.79 Å². The molecule has 2 heterocycles. The van der Waals surface area contributed by atoms with Crippen LogP contribution in [0.1, 0.15) is 58.4 Å². The summed E-state index contributed by atoms with van der Waals surface area (Å²) in [7, 11) is 0. The summed E-state index contributed by atoms with van der Waals surface area (Å²) in [5.41, 5.74) is 0.110. The van der Waals surface area contributed by atoms with E-state index in [9.17, 15) is 9.90 Å². The van der Waals surface area contributed by atoms with E-state index in [1.165, 1.54) is 0 Å². The zero-order chi connectivity index (χ0) is 17.4. The molecule has 24 heavy (non-hydrogen) atoms. The van der Waals surface area contributed by atoms with E-state index >= 15 is 0 Å². The van der Waals surface area contributed by atoms with Gasteiger partial charge in [0.25, 0.3) is 0 Å². The summed E-state index contributed by atoms with van der Waals surface area (Å²) in [5, 5.41) is 11.1. The van der Waals surface area contributed by atoms with E-state index in [1.54, 1.807) is 0 Å². The van der Waals surface area contributed by atoms with Crippen molar-refractivity contribution in [1.29, 1.82) is 0 Å². The van der Waals surface area contributed by atoms with E-state index in [0.29, 0.717) is 19.4 Å². The average molecular weight is 331 g/mol. The van der Waals surface area contributed by atoms with Crippen LogP contribution in [0, 0.1) is 5.41 Å². The largest absolute Gasteiger partial charge is 0.445 e. The molecule has 4 heteroatoms. The second-order valence-corrected chi connectivity index (χ2v) is 8.38. The minimum absolute atomic E-state index is 0.0880. The molecule has 0 aliphatic carbocycles. The molecule has 0 spiro atoms. The Morgan fingerprint density at radius 1 is 1.21 bits per heavy atom. The maximum Gasteiger partial charge on any atom is 0.410 e. The number of hydrogen-bond donors (Lipinski definition) is 1. The van der Waals surface area contributed by atoms with Gasteiger partial charge in [0.05, 0.1) is 5.60 Å². The third-order valence-electron chi connectivity index (χ3n) is 5.82. The molecule has 4 nitrogen and oxygen atoms in total. The highest BCUT2D eigenvalue weighted by Crippen LogP contribution is 2.47. The zero-order valence-electron chi connectivity index (χ0n) is 15.0. The fraction of sp³-hybridized carbons (Fsp3) is 0.650. The molecule has 1 aromatic rings. The predicted molar refractivity (Wildman–Crippen MR) is 93.5 cm³/mol. The number of hydrogen-bond acceptors (Lipinski definition) is 3. The SMILES string of the molecule is CC(C)(C)C1(O)CC2CCCC(C1)N2C(=O)OCc1ccccc1. The van der Waals surface area contributed by atoms with Crippen LogP contribution in [0.15, 0.2) is 30.3 Å². The van der Waals surface area contributed by atoms with Crippen LogP contribution in [0.4, 0.5) is 4.79 Å². The molecule has 0 saturated carbocycles. The molecule has 3 rings (SSSR count). The Morgan fingerprint density at radius 3 is 2.33 bits per heavy atom. The van der Waals surface area contributed by atoms with Gasteiger partial charge in [-0.15, -0.1) is 0 Å². The minimum Gasteiger partial charge on any atom is -0.445 e. The third kappa shape index (κ3) is 3.30. The van der Waals surface area contributed by atoms with Crippen molar-refractivity contribution in [1.82, 2.24) is 4.90 Å². The molecule has 2 atom stereocenters. The maximum absolute atomic E-state index is 12.7. The van der Waals surface area contributed by atoms with Gasteiger partial charge in [-0.05, 0) is 43.1 Å². The van der Waals surface area contributed by atoms with Crippen molar-refractivity contribution in [2.45, 2.75) is 77.2 Å². The molecule has 0 radical (unpaired) electrons. The fourth-order valence-electron chi connectivity index (χ4n) is 4.13. The number of fused-ring (bicyclic) bond motifs is 2. The van der Waals surface area contributed by atoms with E-state index in [1.807, 2.05) is 35.2 Å². The molecular weight excluding hydrogens is 302 g/mol. The number of nitrogens with zero attached hydrogens (tertiary/aromatic N) is 1. The Kier molecular flexibility index (Phi) is 4.60. The van der Waals surface area contributed by atoms with Crippen LogP contribution in [0.25, 0.3) is 0 Å². The normalized spacial score (nSPS) is 30.1. The highest BCUT2D eigenvalue weighted by molar-refractivity contribution is 5.69. The molecule has 2 bridgehead atoms. The van der Waals surface area contributed by atoms with Crippen molar-refractivity contribution >= 4 is 6.09 Å². The molecule has 2 saturated heterocycles. The average Bonchev–Trinajstić information content (AvgIpc) is 2.52. The lowest BCUT2D eigenvalue weighted by atomic mass is 9.64. The van der Waals surface area contributed by atoms with Gasteiger partial charge in [0.1, 0.15) is 6.61 Å². The summed E-state index contributed by atoms with van der Waals surface area (Å²) in [6, 6.07) is 9.94. The molecule has 2 unspecified atom stereocenters. The van der Waals surface area contributed by atoms with E-state index in [0.717, 1.165) is 24.8 Å². The van der Waals surface area contributed by atoms with Crippen molar-refractivity contribution in [3.05, 3.63) is 35.9 Å². The van der Waals surface area contributed by atoms with Gasteiger partial charge < -0.3 is 14.7 Å². The Balaban J connectivity index is 1.69. The number of aliphatic hydroxyl groups is 1. The Bertz CT molecular complexity index is 564. The second kappa shape index (κ2) is 6.40. The number of carbonyl (C=O) groups excluding carboxylic acids is 1. The molecular formula is C20H29NO3. The minimum atomic E-state index is -0.709. The summed E-state index contributed by atoms with van der Waals surface area (Å²) in [4.78, 5) is 14.6.